The largest absolute Gasteiger partial charge is 0.321 e. The van der Waals surface area contributed by atoms with Crippen molar-refractivity contribution in [3.05, 3.63) is 76.4 Å². The van der Waals surface area contributed by atoms with Crippen molar-refractivity contribution in [2.24, 2.45) is 0 Å². The molecule has 0 spiro atoms. The molecule has 0 atom stereocenters. The first-order chi connectivity index (χ1) is 11.0. The molecular weight excluding hydrogens is 312 g/mol. The molecule has 5 nitrogen and oxygen atoms in total. The van der Waals surface area contributed by atoms with Crippen LogP contribution in [0.15, 0.2) is 60.0 Å². The second-order valence-corrected chi connectivity index (χ2v) is 5.82. The van der Waals surface area contributed by atoms with Gasteiger partial charge in [0, 0.05) is 16.7 Å². The highest BCUT2D eigenvalue weighted by atomic mass is 32.2. The average Bonchev–Trinajstić information content (AvgIpc) is 2.54. The average molecular weight is 328 g/mol. The number of nitro groups is 1. The topological polar surface area (TPSA) is 72.2 Å². The number of nitrogens with zero attached hydrogens (tertiary/aromatic N) is 1. The van der Waals surface area contributed by atoms with Gasteiger partial charge in [0.05, 0.1) is 21.7 Å². The minimum Gasteiger partial charge on any atom is -0.321 e. The maximum absolute atomic E-state index is 12.5. The highest BCUT2D eigenvalue weighted by molar-refractivity contribution is 7.99. The number of nitro benzene ring substituents is 1. The van der Waals surface area contributed by atoms with E-state index in [4.69, 9.17) is 0 Å². The number of rotatable bonds is 6. The molecule has 0 aliphatic carbocycles. The van der Waals surface area contributed by atoms with Gasteiger partial charge in [0.1, 0.15) is 0 Å². The summed E-state index contributed by atoms with van der Waals surface area (Å²) in [5.74, 6) is 0.404. The van der Waals surface area contributed by atoms with E-state index in [0.717, 1.165) is 4.90 Å². The lowest BCUT2D eigenvalue weighted by Crippen LogP contribution is -2.14. The molecule has 0 fully saturated rings. The molecule has 0 heterocycles. The number of amides is 1. The highest BCUT2D eigenvalue weighted by Gasteiger charge is 2.17. The molecular formula is C17H16N2O3S. The lowest BCUT2D eigenvalue weighted by atomic mass is 10.1. The zero-order chi connectivity index (χ0) is 16.8. The van der Waals surface area contributed by atoms with Crippen LogP contribution in [0.4, 0.5) is 11.4 Å². The monoisotopic (exact) mass is 328 g/mol. The molecule has 0 aliphatic rings. The number of hydrogen-bond acceptors (Lipinski definition) is 4. The molecule has 0 bridgehead atoms. The Morgan fingerprint density at radius 1 is 1.30 bits per heavy atom. The SMILES string of the molecule is C=CCSc1ccccc1C(=O)Nc1cccc([N+](=O)[O-])c1C. The molecule has 2 rings (SSSR count). The summed E-state index contributed by atoms with van der Waals surface area (Å²) in [5, 5.41) is 13.7. The Labute approximate surface area is 138 Å². The predicted molar refractivity (Wildman–Crippen MR) is 93.1 cm³/mol. The number of anilines is 1. The van der Waals surface area contributed by atoms with E-state index in [1.165, 1.54) is 17.8 Å². The standard InChI is InChI=1S/C17H16N2O3S/c1-3-11-23-16-10-5-4-7-13(16)17(20)18-14-8-6-9-15(12(14)2)19(21)22/h3-10H,1,11H2,2H3,(H,18,20). The van der Waals surface area contributed by atoms with Crippen LogP contribution in [0.3, 0.4) is 0 Å². The molecule has 0 aromatic heterocycles. The first kappa shape index (κ1) is 16.8. The molecule has 2 aromatic carbocycles. The number of nitrogens with one attached hydrogen (secondary N) is 1. The number of carbonyl (C=O) groups is 1. The Morgan fingerprint density at radius 3 is 2.74 bits per heavy atom. The number of benzene rings is 2. The summed E-state index contributed by atoms with van der Waals surface area (Å²) >= 11 is 1.51. The van der Waals surface area contributed by atoms with E-state index in [-0.39, 0.29) is 11.6 Å². The van der Waals surface area contributed by atoms with Crippen LogP contribution in [0.25, 0.3) is 0 Å². The van der Waals surface area contributed by atoms with Crippen LogP contribution in [-0.2, 0) is 0 Å². The highest BCUT2D eigenvalue weighted by Crippen LogP contribution is 2.27. The van der Waals surface area contributed by atoms with Crippen LogP contribution in [0.2, 0.25) is 0 Å². The minimum absolute atomic E-state index is 0.0166. The maximum Gasteiger partial charge on any atom is 0.274 e. The van der Waals surface area contributed by atoms with Gasteiger partial charge in [0.25, 0.3) is 11.6 Å². The van der Waals surface area contributed by atoms with Crippen molar-refractivity contribution < 1.29 is 9.72 Å². The third-order valence-electron chi connectivity index (χ3n) is 3.24. The van der Waals surface area contributed by atoms with Gasteiger partial charge in [0.2, 0.25) is 0 Å². The van der Waals surface area contributed by atoms with E-state index in [2.05, 4.69) is 11.9 Å². The van der Waals surface area contributed by atoms with Crippen LogP contribution >= 0.6 is 11.8 Å². The number of thioether (sulfide) groups is 1. The molecule has 0 unspecified atom stereocenters. The molecule has 6 heteroatoms. The van der Waals surface area contributed by atoms with Crippen LogP contribution in [0, 0.1) is 17.0 Å². The summed E-state index contributed by atoms with van der Waals surface area (Å²) in [6, 6.07) is 11.9. The fourth-order valence-electron chi connectivity index (χ4n) is 2.08. The van der Waals surface area contributed by atoms with Gasteiger partial charge in [-0.05, 0) is 25.1 Å². The van der Waals surface area contributed by atoms with Crippen LogP contribution in [0.1, 0.15) is 15.9 Å². The van der Waals surface area contributed by atoms with E-state index in [1.807, 2.05) is 12.1 Å². The van der Waals surface area contributed by atoms with Crippen molar-refractivity contribution >= 4 is 29.0 Å². The first-order valence-electron chi connectivity index (χ1n) is 6.92. The number of hydrogen-bond donors (Lipinski definition) is 1. The Balaban J connectivity index is 2.28. The smallest absolute Gasteiger partial charge is 0.274 e. The van der Waals surface area contributed by atoms with Crippen molar-refractivity contribution in [3.8, 4) is 0 Å². The molecule has 0 radical (unpaired) electrons. The van der Waals surface area contributed by atoms with Gasteiger partial charge in [-0.15, -0.1) is 18.3 Å². The van der Waals surface area contributed by atoms with E-state index in [0.29, 0.717) is 22.6 Å². The zero-order valence-electron chi connectivity index (χ0n) is 12.6. The molecule has 1 N–H and O–H groups in total. The van der Waals surface area contributed by atoms with Gasteiger partial charge in [-0.1, -0.05) is 24.3 Å². The van der Waals surface area contributed by atoms with Crippen molar-refractivity contribution in [2.75, 3.05) is 11.1 Å². The summed E-state index contributed by atoms with van der Waals surface area (Å²) in [6.07, 6.45) is 1.77. The summed E-state index contributed by atoms with van der Waals surface area (Å²) in [7, 11) is 0. The summed E-state index contributed by atoms with van der Waals surface area (Å²) in [5.41, 5.74) is 1.39. The minimum atomic E-state index is -0.459. The fraction of sp³-hybridized carbons (Fsp3) is 0.118. The van der Waals surface area contributed by atoms with Gasteiger partial charge in [-0.3, -0.25) is 14.9 Å². The lowest BCUT2D eigenvalue weighted by molar-refractivity contribution is -0.385. The van der Waals surface area contributed by atoms with Crippen molar-refractivity contribution in [1.82, 2.24) is 0 Å². The molecule has 23 heavy (non-hydrogen) atoms. The molecule has 0 saturated carbocycles. The molecule has 0 aliphatic heterocycles. The van der Waals surface area contributed by atoms with Gasteiger partial charge in [-0.2, -0.15) is 0 Å². The third kappa shape index (κ3) is 3.98. The van der Waals surface area contributed by atoms with Crippen LogP contribution < -0.4 is 5.32 Å². The van der Waals surface area contributed by atoms with E-state index < -0.39 is 4.92 Å². The van der Waals surface area contributed by atoms with Crippen LogP contribution in [-0.4, -0.2) is 16.6 Å². The van der Waals surface area contributed by atoms with Crippen LogP contribution in [0.5, 0.6) is 0 Å². The molecule has 2 aromatic rings. The van der Waals surface area contributed by atoms with Gasteiger partial charge < -0.3 is 5.32 Å². The number of carbonyl (C=O) groups excluding carboxylic acids is 1. The van der Waals surface area contributed by atoms with Gasteiger partial charge in [-0.25, -0.2) is 0 Å². The first-order valence-corrected chi connectivity index (χ1v) is 7.91. The summed E-state index contributed by atoms with van der Waals surface area (Å²) in [6.45, 7) is 5.29. The van der Waals surface area contributed by atoms with E-state index in [9.17, 15) is 14.9 Å². The summed E-state index contributed by atoms with van der Waals surface area (Å²) < 4.78 is 0. The molecule has 0 saturated heterocycles. The Hall–Kier alpha value is -2.60. The van der Waals surface area contributed by atoms with E-state index >= 15 is 0 Å². The molecule has 118 valence electrons. The third-order valence-corrected chi connectivity index (χ3v) is 4.31. The van der Waals surface area contributed by atoms with Gasteiger partial charge >= 0.3 is 0 Å². The van der Waals surface area contributed by atoms with E-state index in [1.54, 1.807) is 37.3 Å². The molecule has 1 amide bonds. The summed E-state index contributed by atoms with van der Waals surface area (Å²) in [4.78, 5) is 23.9. The predicted octanol–water partition coefficient (Wildman–Crippen LogP) is 4.43. The zero-order valence-corrected chi connectivity index (χ0v) is 13.4. The van der Waals surface area contributed by atoms with Crippen molar-refractivity contribution in [3.63, 3.8) is 0 Å². The van der Waals surface area contributed by atoms with Crippen molar-refractivity contribution in [2.45, 2.75) is 11.8 Å². The Kier molecular flexibility index (Phi) is 5.54. The fourth-order valence-corrected chi connectivity index (χ4v) is 2.86. The normalized spacial score (nSPS) is 10.1. The second-order valence-electron chi connectivity index (χ2n) is 4.76. The second kappa shape index (κ2) is 7.60. The quantitative estimate of drug-likeness (QED) is 0.368. The van der Waals surface area contributed by atoms with Crippen molar-refractivity contribution in [1.29, 1.82) is 0 Å². The lowest BCUT2D eigenvalue weighted by Gasteiger charge is -2.11. The Bertz CT molecular complexity index is 759. The van der Waals surface area contributed by atoms with Gasteiger partial charge in [0.15, 0.2) is 0 Å². The Morgan fingerprint density at radius 2 is 2.04 bits per heavy atom. The maximum atomic E-state index is 12.5.